The highest BCUT2D eigenvalue weighted by Gasteiger charge is 2.39. The van der Waals surface area contributed by atoms with Crippen LogP contribution in [0.1, 0.15) is 53.4 Å². The molecule has 122 valence electrons. The summed E-state index contributed by atoms with van der Waals surface area (Å²) in [6, 6.07) is -0.676. The van der Waals surface area contributed by atoms with Gasteiger partial charge in [-0.1, -0.05) is 27.2 Å². The number of carbonyl (C=O) groups is 2. The van der Waals surface area contributed by atoms with Crippen molar-refractivity contribution >= 4 is 11.8 Å². The lowest BCUT2D eigenvalue weighted by atomic mass is 9.96. The summed E-state index contributed by atoms with van der Waals surface area (Å²) in [6.45, 7) is 10.1. The van der Waals surface area contributed by atoms with Crippen molar-refractivity contribution in [3.63, 3.8) is 0 Å². The number of hydrogen-bond donors (Lipinski definition) is 1. The van der Waals surface area contributed by atoms with Crippen molar-refractivity contribution in [2.24, 2.45) is 5.92 Å². The fraction of sp³-hybridized carbons (Fsp3) is 0.875. The fourth-order valence-electron chi connectivity index (χ4n) is 2.74. The van der Waals surface area contributed by atoms with Gasteiger partial charge in [-0.05, 0) is 32.1 Å². The average Bonchev–Trinajstić information content (AvgIpc) is 2.43. The zero-order chi connectivity index (χ0) is 15.8. The summed E-state index contributed by atoms with van der Waals surface area (Å²) in [6.07, 6.45) is 3.09. The van der Waals surface area contributed by atoms with Gasteiger partial charge in [0.1, 0.15) is 12.1 Å². The molecule has 0 saturated carbocycles. The molecule has 1 aliphatic heterocycles. The number of rotatable bonds is 9. The van der Waals surface area contributed by atoms with Crippen LogP contribution in [0.4, 0.5) is 0 Å². The Morgan fingerprint density at radius 2 is 2.00 bits per heavy atom. The van der Waals surface area contributed by atoms with Crippen LogP contribution < -0.4 is 5.32 Å². The van der Waals surface area contributed by atoms with E-state index < -0.39 is 0 Å². The van der Waals surface area contributed by atoms with Gasteiger partial charge in [-0.25, -0.2) is 0 Å². The Balaban J connectivity index is 2.74. The summed E-state index contributed by atoms with van der Waals surface area (Å²) in [7, 11) is 0. The molecule has 0 aliphatic carbocycles. The first-order chi connectivity index (χ1) is 10.0. The van der Waals surface area contributed by atoms with Gasteiger partial charge in [0.15, 0.2) is 0 Å². The molecule has 0 radical (unpaired) electrons. The molecule has 2 unspecified atom stereocenters. The Morgan fingerprint density at radius 3 is 2.57 bits per heavy atom. The van der Waals surface area contributed by atoms with Gasteiger partial charge in [0.25, 0.3) is 0 Å². The third-order valence-corrected chi connectivity index (χ3v) is 3.74. The molecule has 0 aromatic carbocycles. The predicted molar refractivity (Wildman–Crippen MR) is 82.9 cm³/mol. The normalized spacial score (nSPS) is 22.8. The van der Waals surface area contributed by atoms with Gasteiger partial charge in [-0.15, -0.1) is 0 Å². The molecule has 1 N–H and O–H groups in total. The van der Waals surface area contributed by atoms with E-state index in [0.717, 1.165) is 12.8 Å². The number of amides is 2. The molecule has 1 aliphatic rings. The first-order valence-corrected chi connectivity index (χ1v) is 8.19. The monoisotopic (exact) mass is 298 g/mol. The average molecular weight is 298 g/mol. The standard InChI is InChI=1S/C16H30N2O3/c1-5-8-13-16(20)18(9-7-10-21-6-2)14(11-12(3)4)15(19)17-13/h12-14H,5-11H2,1-4H3,(H,17,19). The first-order valence-electron chi connectivity index (χ1n) is 8.19. The number of nitrogens with zero attached hydrogens (tertiary/aromatic N) is 1. The predicted octanol–water partition coefficient (Wildman–Crippen LogP) is 1.95. The van der Waals surface area contributed by atoms with E-state index in [2.05, 4.69) is 19.2 Å². The van der Waals surface area contributed by atoms with Crippen molar-refractivity contribution in [2.45, 2.75) is 65.5 Å². The Bertz CT molecular complexity index is 344. The molecule has 0 spiro atoms. The molecule has 2 atom stereocenters. The summed E-state index contributed by atoms with van der Waals surface area (Å²) < 4.78 is 5.34. The zero-order valence-electron chi connectivity index (χ0n) is 13.9. The van der Waals surface area contributed by atoms with Gasteiger partial charge in [0, 0.05) is 19.8 Å². The van der Waals surface area contributed by atoms with Gasteiger partial charge in [-0.3, -0.25) is 9.59 Å². The van der Waals surface area contributed by atoms with Crippen LogP contribution in [0.25, 0.3) is 0 Å². The van der Waals surface area contributed by atoms with Crippen molar-refractivity contribution in [2.75, 3.05) is 19.8 Å². The second-order valence-corrected chi connectivity index (χ2v) is 6.08. The number of hydrogen-bond acceptors (Lipinski definition) is 3. The van der Waals surface area contributed by atoms with Gasteiger partial charge in [0.05, 0.1) is 0 Å². The van der Waals surface area contributed by atoms with Gasteiger partial charge in [-0.2, -0.15) is 0 Å². The van der Waals surface area contributed by atoms with Crippen LogP contribution >= 0.6 is 0 Å². The zero-order valence-corrected chi connectivity index (χ0v) is 13.9. The third-order valence-electron chi connectivity index (χ3n) is 3.74. The molecule has 0 aromatic rings. The summed E-state index contributed by atoms with van der Waals surface area (Å²) in [5.74, 6) is 0.447. The van der Waals surface area contributed by atoms with Crippen molar-refractivity contribution < 1.29 is 14.3 Å². The summed E-state index contributed by atoms with van der Waals surface area (Å²) in [5, 5.41) is 2.89. The van der Waals surface area contributed by atoms with Crippen LogP contribution in [-0.4, -0.2) is 48.6 Å². The second-order valence-electron chi connectivity index (χ2n) is 6.08. The van der Waals surface area contributed by atoms with Crippen molar-refractivity contribution in [1.82, 2.24) is 10.2 Å². The van der Waals surface area contributed by atoms with Gasteiger partial charge in [0.2, 0.25) is 11.8 Å². The van der Waals surface area contributed by atoms with E-state index in [4.69, 9.17) is 4.74 Å². The van der Waals surface area contributed by atoms with Crippen molar-refractivity contribution in [1.29, 1.82) is 0 Å². The van der Waals surface area contributed by atoms with E-state index in [1.807, 2.05) is 13.8 Å². The first kappa shape index (κ1) is 18.0. The number of nitrogens with one attached hydrogen (secondary N) is 1. The molecule has 1 heterocycles. The summed E-state index contributed by atoms with van der Waals surface area (Å²) in [5.41, 5.74) is 0. The molecule has 5 heteroatoms. The smallest absolute Gasteiger partial charge is 0.245 e. The lowest BCUT2D eigenvalue weighted by Crippen LogP contribution is -2.63. The quantitative estimate of drug-likeness (QED) is 0.662. The SMILES string of the molecule is CCCC1NC(=O)C(CC(C)C)N(CCCOCC)C1=O. The van der Waals surface area contributed by atoms with E-state index in [9.17, 15) is 9.59 Å². The molecular formula is C16H30N2O3. The molecule has 1 saturated heterocycles. The minimum Gasteiger partial charge on any atom is -0.382 e. The molecule has 5 nitrogen and oxygen atoms in total. The molecule has 1 rings (SSSR count). The number of piperazine rings is 1. The Labute approximate surface area is 128 Å². The molecule has 2 amide bonds. The molecule has 21 heavy (non-hydrogen) atoms. The lowest BCUT2D eigenvalue weighted by molar-refractivity contribution is -0.150. The van der Waals surface area contributed by atoms with Crippen molar-refractivity contribution in [3.8, 4) is 0 Å². The molecule has 0 aromatic heterocycles. The Morgan fingerprint density at radius 1 is 1.29 bits per heavy atom. The van der Waals surface area contributed by atoms with Crippen LogP contribution in [0, 0.1) is 5.92 Å². The second kappa shape index (κ2) is 9.03. The molecule has 0 bridgehead atoms. The Kier molecular flexibility index (Phi) is 7.72. The third kappa shape index (κ3) is 5.30. The fourth-order valence-corrected chi connectivity index (χ4v) is 2.74. The molecular weight excluding hydrogens is 268 g/mol. The van der Waals surface area contributed by atoms with Gasteiger partial charge >= 0.3 is 0 Å². The van der Waals surface area contributed by atoms with E-state index in [0.29, 0.717) is 38.5 Å². The van der Waals surface area contributed by atoms with Crippen LogP contribution in [0.5, 0.6) is 0 Å². The molecule has 1 fully saturated rings. The van der Waals surface area contributed by atoms with E-state index in [1.54, 1.807) is 4.90 Å². The van der Waals surface area contributed by atoms with Crippen LogP contribution in [0.3, 0.4) is 0 Å². The van der Waals surface area contributed by atoms with Crippen LogP contribution in [0.15, 0.2) is 0 Å². The van der Waals surface area contributed by atoms with Crippen LogP contribution in [0.2, 0.25) is 0 Å². The Hall–Kier alpha value is -1.10. The number of carbonyl (C=O) groups excluding carboxylic acids is 2. The topological polar surface area (TPSA) is 58.6 Å². The highest BCUT2D eigenvalue weighted by Crippen LogP contribution is 2.19. The van der Waals surface area contributed by atoms with E-state index >= 15 is 0 Å². The highest BCUT2D eigenvalue weighted by atomic mass is 16.5. The lowest BCUT2D eigenvalue weighted by Gasteiger charge is -2.39. The maximum absolute atomic E-state index is 12.6. The summed E-state index contributed by atoms with van der Waals surface area (Å²) in [4.78, 5) is 26.7. The van der Waals surface area contributed by atoms with E-state index in [-0.39, 0.29) is 23.9 Å². The summed E-state index contributed by atoms with van der Waals surface area (Å²) >= 11 is 0. The number of ether oxygens (including phenoxy) is 1. The highest BCUT2D eigenvalue weighted by molar-refractivity contribution is 5.96. The maximum Gasteiger partial charge on any atom is 0.245 e. The van der Waals surface area contributed by atoms with Crippen LogP contribution in [-0.2, 0) is 14.3 Å². The minimum atomic E-state index is -0.349. The minimum absolute atomic E-state index is 0.00170. The maximum atomic E-state index is 12.6. The largest absolute Gasteiger partial charge is 0.382 e. The van der Waals surface area contributed by atoms with Crippen molar-refractivity contribution in [3.05, 3.63) is 0 Å². The van der Waals surface area contributed by atoms with E-state index in [1.165, 1.54) is 0 Å². The van der Waals surface area contributed by atoms with Gasteiger partial charge < -0.3 is 15.0 Å².